The minimum atomic E-state index is -0.885. The van der Waals surface area contributed by atoms with Crippen molar-refractivity contribution in [2.45, 2.75) is 26.3 Å². The number of carboxylic acid groups (broad SMARTS) is 1. The predicted octanol–water partition coefficient (Wildman–Crippen LogP) is 1.97. The predicted molar refractivity (Wildman–Crippen MR) is 55.4 cm³/mol. The number of hydrogen-bond acceptors (Lipinski definition) is 2. The molecular weight excluding hydrogens is 178 g/mol. The molecule has 0 heterocycles. The fourth-order valence-electron chi connectivity index (χ4n) is 1.63. The van der Waals surface area contributed by atoms with E-state index in [9.17, 15) is 4.79 Å². The maximum Gasteiger partial charge on any atom is 0.335 e. The van der Waals surface area contributed by atoms with Crippen molar-refractivity contribution >= 4 is 5.97 Å². The first-order valence-corrected chi connectivity index (χ1v) is 4.68. The first-order chi connectivity index (χ1) is 6.57. The van der Waals surface area contributed by atoms with E-state index >= 15 is 0 Å². The highest BCUT2D eigenvalue weighted by Crippen LogP contribution is 2.20. The number of rotatable bonds is 3. The summed E-state index contributed by atoms with van der Waals surface area (Å²) in [5, 5.41) is 8.96. The Kier molecular flexibility index (Phi) is 3.25. The van der Waals surface area contributed by atoms with E-state index < -0.39 is 5.97 Å². The summed E-state index contributed by atoms with van der Waals surface area (Å²) in [6.07, 6.45) is 0.694. The van der Waals surface area contributed by atoms with Gasteiger partial charge in [0.25, 0.3) is 0 Å². The molecule has 1 rings (SSSR count). The minimum absolute atomic E-state index is 0.121. The molecule has 1 aromatic carbocycles. The Hall–Kier alpha value is -1.35. The number of carbonyl (C=O) groups is 1. The van der Waals surface area contributed by atoms with Gasteiger partial charge in [-0.3, -0.25) is 0 Å². The third kappa shape index (κ3) is 1.93. The van der Waals surface area contributed by atoms with Crippen LogP contribution in [0.15, 0.2) is 18.2 Å². The van der Waals surface area contributed by atoms with Crippen LogP contribution < -0.4 is 5.73 Å². The van der Waals surface area contributed by atoms with Crippen LogP contribution in [-0.4, -0.2) is 11.1 Å². The molecule has 0 amide bonds. The van der Waals surface area contributed by atoms with E-state index in [1.165, 1.54) is 0 Å². The lowest BCUT2D eigenvalue weighted by atomic mass is 9.95. The second-order valence-corrected chi connectivity index (χ2v) is 3.32. The molecule has 14 heavy (non-hydrogen) atoms. The molecule has 0 aliphatic heterocycles. The summed E-state index contributed by atoms with van der Waals surface area (Å²) < 4.78 is 0. The van der Waals surface area contributed by atoms with Gasteiger partial charge < -0.3 is 10.8 Å². The van der Waals surface area contributed by atoms with Crippen molar-refractivity contribution in [3.05, 3.63) is 34.9 Å². The van der Waals surface area contributed by atoms with Crippen molar-refractivity contribution in [1.29, 1.82) is 0 Å². The number of nitrogens with two attached hydrogens (primary N) is 1. The second kappa shape index (κ2) is 4.24. The van der Waals surface area contributed by atoms with Gasteiger partial charge in [0.05, 0.1) is 5.56 Å². The van der Waals surface area contributed by atoms with Crippen molar-refractivity contribution in [3.63, 3.8) is 0 Å². The van der Waals surface area contributed by atoms with Gasteiger partial charge in [0.1, 0.15) is 0 Å². The summed E-state index contributed by atoms with van der Waals surface area (Å²) >= 11 is 0. The van der Waals surface area contributed by atoms with Crippen LogP contribution in [0.4, 0.5) is 0 Å². The SMILES string of the molecule is CCc1c(C(=O)O)cccc1[C@@H](C)N. The summed E-state index contributed by atoms with van der Waals surface area (Å²) in [6.45, 7) is 3.80. The highest BCUT2D eigenvalue weighted by Gasteiger charge is 2.13. The third-order valence-electron chi connectivity index (χ3n) is 2.29. The summed E-state index contributed by atoms with van der Waals surface area (Å²) in [5.74, 6) is -0.885. The first-order valence-electron chi connectivity index (χ1n) is 4.68. The van der Waals surface area contributed by atoms with Crippen LogP contribution in [0.2, 0.25) is 0 Å². The molecule has 0 spiro atoms. The molecule has 0 radical (unpaired) electrons. The van der Waals surface area contributed by atoms with E-state index in [4.69, 9.17) is 10.8 Å². The van der Waals surface area contributed by atoms with Gasteiger partial charge >= 0.3 is 5.97 Å². The molecule has 3 nitrogen and oxygen atoms in total. The summed E-state index contributed by atoms with van der Waals surface area (Å²) in [5.41, 5.74) is 7.90. The topological polar surface area (TPSA) is 63.3 Å². The van der Waals surface area contributed by atoms with Crippen LogP contribution in [0.3, 0.4) is 0 Å². The molecule has 0 fully saturated rings. The van der Waals surface area contributed by atoms with Crippen molar-refractivity contribution in [2.24, 2.45) is 5.73 Å². The molecule has 76 valence electrons. The lowest BCUT2D eigenvalue weighted by Crippen LogP contribution is -2.12. The van der Waals surface area contributed by atoms with E-state index in [0.717, 1.165) is 11.1 Å². The van der Waals surface area contributed by atoms with E-state index in [1.807, 2.05) is 19.9 Å². The Bertz CT molecular complexity index is 345. The van der Waals surface area contributed by atoms with Crippen molar-refractivity contribution in [2.75, 3.05) is 0 Å². The highest BCUT2D eigenvalue weighted by atomic mass is 16.4. The quantitative estimate of drug-likeness (QED) is 0.771. The summed E-state index contributed by atoms with van der Waals surface area (Å²) in [6, 6.07) is 5.12. The van der Waals surface area contributed by atoms with Crippen molar-refractivity contribution in [1.82, 2.24) is 0 Å². The van der Waals surface area contributed by atoms with E-state index in [1.54, 1.807) is 12.1 Å². The molecule has 1 atom stereocenters. The Morgan fingerprint density at radius 3 is 2.64 bits per heavy atom. The number of aromatic carboxylic acids is 1. The third-order valence-corrected chi connectivity index (χ3v) is 2.29. The fraction of sp³-hybridized carbons (Fsp3) is 0.364. The van der Waals surface area contributed by atoms with E-state index in [2.05, 4.69) is 0 Å². The van der Waals surface area contributed by atoms with Gasteiger partial charge in [0, 0.05) is 6.04 Å². The molecule has 0 aliphatic rings. The van der Waals surface area contributed by atoms with Crippen LogP contribution in [0.5, 0.6) is 0 Å². The lowest BCUT2D eigenvalue weighted by Gasteiger charge is -2.13. The Morgan fingerprint density at radius 2 is 2.21 bits per heavy atom. The lowest BCUT2D eigenvalue weighted by molar-refractivity contribution is 0.0695. The largest absolute Gasteiger partial charge is 0.478 e. The van der Waals surface area contributed by atoms with Crippen LogP contribution in [0, 0.1) is 0 Å². The van der Waals surface area contributed by atoms with Gasteiger partial charge in [0.15, 0.2) is 0 Å². The maximum absolute atomic E-state index is 10.9. The Balaban J connectivity index is 3.32. The monoisotopic (exact) mass is 193 g/mol. The second-order valence-electron chi connectivity index (χ2n) is 3.32. The average Bonchev–Trinajstić information content (AvgIpc) is 2.16. The smallest absolute Gasteiger partial charge is 0.335 e. The molecule has 3 heteroatoms. The van der Waals surface area contributed by atoms with Gasteiger partial charge in [-0.25, -0.2) is 4.79 Å². The normalized spacial score (nSPS) is 12.5. The zero-order chi connectivity index (χ0) is 10.7. The average molecular weight is 193 g/mol. The van der Waals surface area contributed by atoms with Crippen LogP contribution >= 0.6 is 0 Å². The number of hydrogen-bond donors (Lipinski definition) is 2. The molecule has 0 saturated heterocycles. The first kappa shape index (κ1) is 10.7. The van der Waals surface area contributed by atoms with Crippen LogP contribution in [0.1, 0.15) is 41.4 Å². The van der Waals surface area contributed by atoms with Crippen molar-refractivity contribution < 1.29 is 9.90 Å². The summed E-state index contributed by atoms with van der Waals surface area (Å²) in [4.78, 5) is 10.9. The maximum atomic E-state index is 10.9. The van der Waals surface area contributed by atoms with Crippen LogP contribution in [-0.2, 0) is 6.42 Å². The van der Waals surface area contributed by atoms with Gasteiger partial charge in [-0.2, -0.15) is 0 Å². The molecule has 0 aromatic heterocycles. The Labute approximate surface area is 83.6 Å². The van der Waals surface area contributed by atoms with Crippen molar-refractivity contribution in [3.8, 4) is 0 Å². The molecule has 0 bridgehead atoms. The molecule has 0 aliphatic carbocycles. The van der Waals surface area contributed by atoms with Gasteiger partial charge in [0.2, 0.25) is 0 Å². The van der Waals surface area contributed by atoms with E-state index in [-0.39, 0.29) is 6.04 Å². The standard InChI is InChI=1S/C11H15NO2/c1-3-8-9(7(2)12)5-4-6-10(8)11(13)14/h4-7H,3,12H2,1-2H3,(H,13,14)/t7-/m1/s1. The highest BCUT2D eigenvalue weighted by molar-refractivity contribution is 5.89. The zero-order valence-electron chi connectivity index (χ0n) is 8.45. The number of carboxylic acids is 1. The fourth-order valence-corrected chi connectivity index (χ4v) is 1.63. The molecular formula is C11H15NO2. The molecule has 0 unspecified atom stereocenters. The Morgan fingerprint density at radius 1 is 1.57 bits per heavy atom. The van der Waals surface area contributed by atoms with Gasteiger partial charge in [-0.15, -0.1) is 0 Å². The van der Waals surface area contributed by atoms with Gasteiger partial charge in [-0.05, 0) is 30.5 Å². The van der Waals surface area contributed by atoms with E-state index in [0.29, 0.717) is 12.0 Å². The minimum Gasteiger partial charge on any atom is -0.478 e. The molecule has 3 N–H and O–H groups in total. The van der Waals surface area contributed by atoms with Gasteiger partial charge in [-0.1, -0.05) is 19.1 Å². The zero-order valence-corrected chi connectivity index (χ0v) is 8.45. The molecule has 1 aromatic rings. The molecule has 0 saturated carbocycles. The number of benzene rings is 1. The van der Waals surface area contributed by atoms with Crippen LogP contribution in [0.25, 0.3) is 0 Å². The summed E-state index contributed by atoms with van der Waals surface area (Å²) in [7, 11) is 0.